The zero-order valence-electron chi connectivity index (χ0n) is 10.9. The van der Waals surface area contributed by atoms with Crippen molar-refractivity contribution in [2.45, 2.75) is 27.2 Å². The maximum atomic E-state index is 11.5. The summed E-state index contributed by atoms with van der Waals surface area (Å²) in [7, 11) is 0. The van der Waals surface area contributed by atoms with Crippen LogP contribution in [0.3, 0.4) is 0 Å². The maximum absolute atomic E-state index is 11.5. The van der Waals surface area contributed by atoms with E-state index in [0.717, 1.165) is 25.3 Å². The second kappa shape index (κ2) is 7.27. The molecule has 0 radical (unpaired) electrons. The van der Waals surface area contributed by atoms with Crippen LogP contribution in [0.15, 0.2) is 4.99 Å². The lowest BCUT2D eigenvalue weighted by molar-refractivity contribution is 0.0669. The number of hydrogen-bond acceptors (Lipinski definition) is 3. The van der Waals surface area contributed by atoms with Crippen molar-refractivity contribution in [2.24, 2.45) is 10.9 Å². The molecule has 1 fully saturated rings. The molecule has 1 aliphatic heterocycles. The first-order valence-corrected chi connectivity index (χ1v) is 6.20. The summed E-state index contributed by atoms with van der Waals surface area (Å²) in [5.74, 6) is 1.13. The average molecular weight is 242 g/mol. The topological polar surface area (TPSA) is 51.1 Å². The van der Waals surface area contributed by atoms with Crippen molar-refractivity contribution in [1.29, 1.82) is 0 Å². The largest absolute Gasteiger partial charge is 0.448 e. The molecule has 5 heteroatoms. The lowest BCUT2D eigenvalue weighted by atomic mass is 10.2. The molecule has 0 spiro atoms. The molecule has 1 aliphatic rings. The Labute approximate surface area is 103 Å². The van der Waals surface area contributed by atoms with Crippen LogP contribution in [0.25, 0.3) is 0 Å². The third-order valence-corrected chi connectivity index (χ3v) is 2.45. The Morgan fingerprint density at radius 3 is 2.59 bits per heavy atom. The third-order valence-electron chi connectivity index (χ3n) is 2.45. The van der Waals surface area contributed by atoms with Crippen molar-refractivity contribution >= 4 is 11.9 Å². The Morgan fingerprint density at radius 2 is 2.06 bits per heavy atom. The summed E-state index contributed by atoms with van der Waals surface area (Å²) in [6.07, 6.45) is 0.249. The van der Waals surface area contributed by atoms with E-state index in [1.807, 2.05) is 20.8 Å². The van der Waals surface area contributed by atoms with Gasteiger partial charge in [0.25, 0.3) is 0 Å². The Morgan fingerprint density at radius 1 is 1.41 bits per heavy atom. The fourth-order valence-corrected chi connectivity index (χ4v) is 1.57. The molecule has 1 rings (SSSR count). The molecule has 98 valence electrons. The van der Waals surface area contributed by atoms with Crippen LogP contribution in [0.2, 0.25) is 0 Å². The number of rotatable bonds is 3. The Bertz CT molecular complexity index is 271. The smallest absolute Gasteiger partial charge is 0.435 e. The Hall–Kier alpha value is -1.10. The van der Waals surface area contributed by atoms with Gasteiger partial charge in [-0.25, -0.2) is 4.79 Å². The van der Waals surface area contributed by atoms with Gasteiger partial charge >= 0.3 is 6.09 Å². The number of aliphatic imine (C=N–C) groups is 1. The average Bonchev–Trinajstić information content (AvgIpc) is 2.34. The molecule has 0 N–H and O–H groups in total. The molecule has 1 amide bonds. The molecular weight excluding hydrogens is 220 g/mol. The zero-order valence-corrected chi connectivity index (χ0v) is 10.9. The van der Waals surface area contributed by atoms with Gasteiger partial charge < -0.3 is 14.4 Å². The lowest BCUT2D eigenvalue weighted by Gasteiger charge is -2.29. The zero-order chi connectivity index (χ0) is 12.7. The van der Waals surface area contributed by atoms with E-state index in [0.29, 0.717) is 25.7 Å². The van der Waals surface area contributed by atoms with Gasteiger partial charge in [-0.1, -0.05) is 20.8 Å². The molecule has 5 nitrogen and oxygen atoms in total. The van der Waals surface area contributed by atoms with Crippen LogP contribution in [0.4, 0.5) is 4.79 Å². The molecule has 1 heterocycles. The molecule has 0 unspecified atom stereocenters. The van der Waals surface area contributed by atoms with Crippen molar-refractivity contribution in [1.82, 2.24) is 4.90 Å². The van der Waals surface area contributed by atoms with Crippen molar-refractivity contribution < 1.29 is 14.3 Å². The summed E-state index contributed by atoms with van der Waals surface area (Å²) in [5.41, 5.74) is 0. The summed E-state index contributed by atoms with van der Waals surface area (Å²) in [5, 5.41) is 0. The fraction of sp³-hybridized carbons (Fsp3) is 0.833. The van der Waals surface area contributed by atoms with Crippen molar-refractivity contribution in [2.75, 3.05) is 32.9 Å². The summed E-state index contributed by atoms with van der Waals surface area (Å²) in [4.78, 5) is 17.6. The summed E-state index contributed by atoms with van der Waals surface area (Å²) in [6, 6.07) is 0. The molecule has 1 saturated heterocycles. The van der Waals surface area contributed by atoms with Crippen LogP contribution in [0.5, 0.6) is 0 Å². The fourth-order valence-electron chi connectivity index (χ4n) is 1.57. The summed E-state index contributed by atoms with van der Waals surface area (Å²) < 4.78 is 10.3. The van der Waals surface area contributed by atoms with Crippen LogP contribution in [0.1, 0.15) is 27.2 Å². The van der Waals surface area contributed by atoms with Crippen LogP contribution in [-0.4, -0.2) is 49.7 Å². The minimum absolute atomic E-state index is 0.336. The van der Waals surface area contributed by atoms with Gasteiger partial charge in [0.1, 0.15) is 5.84 Å². The van der Waals surface area contributed by atoms with E-state index < -0.39 is 6.09 Å². The van der Waals surface area contributed by atoms with E-state index in [-0.39, 0.29) is 0 Å². The first kappa shape index (κ1) is 14.0. The van der Waals surface area contributed by atoms with Gasteiger partial charge in [0.15, 0.2) is 0 Å². The maximum Gasteiger partial charge on any atom is 0.435 e. The van der Waals surface area contributed by atoms with Gasteiger partial charge in [0.05, 0.1) is 19.8 Å². The predicted octanol–water partition coefficient (Wildman–Crippen LogP) is 1.92. The Kier molecular flexibility index (Phi) is 5.97. The third kappa shape index (κ3) is 5.17. The van der Waals surface area contributed by atoms with Crippen LogP contribution < -0.4 is 0 Å². The first-order chi connectivity index (χ1) is 8.13. The normalized spacial score (nSPS) is 17.4. The van der Waals surface area contributed by atoms with E-state index >= 15 is 0 Å². The van der Waals surface area contributed by atoms with Gasteiger partial charge in [0, 0.05) is 19.5 Å². The van der Waals surface area contributed by atoms with E-state index in [2.05, 4.69) is 9.89 Å². The second-order valence-electron chi connectivity index (χ2n) is 4.45. The molecule has 0 atom stereocenters. The van der Waals surface area contributed by atoms with Gasteiger partial charge in [-0.3, -0.25) is 0 Å². The number of ether oxygens (including phenoxy) is 2. The predicted molar refractivity (Wildman–Crippen MR) is 66.3 cm³/mol. The van der Waals surface area contributed by atoms with E-state index in [9.17, 15) is 4.79 Å². The SMILES string of the molecule is CCC(=NC(=O)OCC(C)C)N1CCOCC1. The van der Waals surface area contributed by atoms with Gasteiger partial charge in [-0.05, 0) is 5.92 Å². The van der Waals surface area contributed by atoms with Crippen molar-refractivity contribution in [3.05, 3.63) is 0 Å². The minimum atomic E-state index is -0.484. The molecule has 0 aromatic rings. The quantitative estimate of drug-likeness (QED) is 0.560. The van der Waals surface area contributed by atoms with Gasteiger partial charge in [-0.2, -0.15) is 4.99 Å². The Balaban J connectivity index is 2.49. The molecule has 0 aromatic heterocycles. The van der Waals surface area contributed by atoms with Crippen molar-refractivity contribution in [3.63, 3.8) is 0 Å². The number of carbonyl (C=O) groups excluding carboxylic acids is 1. The highest BCUT2D eigenvalue weighted by Gasteiger charge is 2.15. The monoisotopic (exact) mass is 242 g/mol. The van der Waals surface area contributed by atoms with Gasteiger partial charge in [-0.15, -0.1) is 0 Å². The molecular formula is C12H22N2O3. The van der Waals surface area contributed by atoms with Crippen molar-refractivity contribution in [3.8, 4) is 0 Å². The van der Waals surface area contributed by atoms with Gasteiger partial charge in [0.2, 0.25) is 0 Å². The number of hydrogen-bond donors (Lipinski definition) is 0. The molecule has 0 saturated carbocycles. The minimum Gasteiger partial charge on any atom is -0.448 e. The number of nitrogens with zero attached hydrogens (tertiary/aromatic N) is 2. The summed E-state index contributed by atoms with van der Waals surface area (Å²) >= 11 is 0. The van der Waals surface area contributed by atoms with E-state index in [1.165, 1.54) is 0 Å². The highest BCUT2D eigenvalue weighted by atomic mass is 16.5. The standard InChI is InChI=1S/C12H22N2O3/c1-4-11(14-5-7-16-8-6-14)13-12(15)17-9-10(2)3/h10H,4-9H2,1-3H3. The lowest BCUT2D eigenvalue weighted by Crippen LogP contribution is -2.40. The number of amidine groups is 1. The second-order valence-corrected chi connectivity index (χ2v) is 4.45. The van der Waals surface area contributed by atoms with Crippen LogP contribution in [-0.2, 0) is 9.47 Å². The molecule has 17 heavy (non-hydrogen) atoms. The highest BCUT2D eigenvalue weighted by molar-refractivity contribution is 5.91. The summed E-state index contributed by atoms with van der Waals surface area (Å²) in [6.45, 7) is 9.39. The van der Waals surface area contributed by atoms with E-state index in [4.69, 9.17) is 9.47 Å². The molecule has 0 bridgehead atoms. The van der Waals surface area contributed by atoms with Crippen LogP contribution >= 0.6 is 0 Å². The van der Waals surface area contributed by atoms with E-state index in [1.54, 1.807) is 0 Å². The number of amides is 1. The molecule has 0 aliphatic carbocycles. The highest BCUT2D eigenvalue weighted by Crippen LogP contribution is 2.03. The number of carbonyl (C=O) groups is 1. The number of morpholine rings is 1. The first-order valence-electron chi connectivity index (χ1n) is 6.20. The van der Waals surface area contributed by atoms with Crippen LogP contribution in [0, 0.1) is 5.92 Å². The molecule has 0 aromatic carbocycles.